The third kappa shape index (κ3) is 1.50. The maximum absolute atomic E-state index is 11.6. The van der Waals surface area contributed by atoms with Crippen LogP contribution in [0.15, 0.2) is 12.4 Å². The molecule has 2 aromatic heterocycles. The Morgan fingerprint density at radius 1 is 1.50 bits per heavy atom. The van der Waals surface area contributed by atoms with Crippen LogP contribution in [0.25, 0.3) is 0 Å². The summed E-state index contributed by atoms with van der Waals surface area (Å²) in [5.74, 6) is -0.699. The minimum atomic E-state index is -0.847. The summed E-state index contributed by atoms with van der Waals surface area (Å²) in [4.78, 5) is 21.1. The van der Waals surface area contributed by atoms with Gasteiger partial charge in [-0.1, -0.05) is 16.8 Å². The first-order valence-corrected chi connectivity index (χ1v) is 4.15. The average Bonchev–Trinajstić information content (AvgIpc) is 2.84. The van der Waals surface area contributed by atoms with Crippen LogP contribution in [0.1, 0.15) is 0 Å². The molecule has 2 aromatic rings. The molecule has 0 radical (unpaired) electrons. The third-order valence-electron chi connectivity index (χ3n) is 1.57. The molecule has 2 rings (SSSR count). The van der Waals surface area contributed by atoms with Crippen molar-refractivity contribution in [2.75, 3.05) is 0 Å². The van der Waals surface area contributed by atoms with E-state index in [0.29, 0.717) is 4.68 Å². The molecule has 11 heteroatoms. The monoisotopic (exact) mass is 243 g/mol. The summed E-state index contributed by atoms with van der Waals surface area (Å²) >= 11 is 5.55. The van der Waals surface area contributed by atoms with Gasteiger partial charge in [0.2, 0.25) is 5.15 Å². The smallest absolute Gasteiger partial charge is 0.358 e. The number of nitrogens with zero attached hydrogens (tertiary/aromatic N) is 7. The maximum atomic E-state index is 11.6. The van der Waals surface area contributed by atoms with E-state index < -0.39 is 21.9 Å². The van der Waals surface area contributed by atoms with Gasteiger partial charge >= 0.3 is 11.8 Å². The number of aromatic nitrogens is 6. The molecule has 10 nitrogen and oxygen atoms in total. The first kappa shape index (κ1) is 10.2. The predicted molar refractivity (Wildman–Crippen MR) is 47.9 cm³/mol. The third-order valence-corrected chi connectivity index (χ3v) is 1.90. The van der Waals surface area contributed by atoms with E-state index in [4.69, 9.17) is 11.6 Å². The van der Waals surface area contributed by atoms with Crippen molar-refractivity contribution < 1.29 is 9.72 Å². The van der Waals surface area contributed by atoms with Gasteiger partial charge in [-0.2, -0.15) is 4.68 Å². The van der Waals surface area contributed by atoms with Gasteiger partial charge in [-0.3, -0.25) is 0 Å². The second kappa shape index (κ2) is 3.66. The Morgan fingerprint density at radius 3 is 2.75 bits per heavy atom. The predicted octanol–water partition coefficient (Wildman–Crippen LogP) is -0.0524. The molecule has 0 amide bonds. The number of carbonyl (C=O) groups excluding carboxylic acids is 1. The second-order valence-electron chi connectivity index (χ2n) is 2.50. The molecule has 0 spiro atoms. The van der Waals surface area contributed by atoms with Crippen LogP contribution in [-0.4, -0.2) is 40.9 Å². The summed E-state index contributed by atoms with van der Waals surface area (Å²) < 4.78 is 1.36. The highest BCUT2D eigenvalue weighted by Crippen LogP contribution is 2.19. The molecule has 16 heavy (non-hydrogen) atoms. The van der Waals surface area contributed by atoms with E-state index >= 15 is 0 Å². The highest BCUT2D eigenvalue weighted by molar-refractivity contribution is 6.32. The fourth-order valence-electron chi connectivity index (χ4n) is 0.904. The summed E-state index contributed by atoms with van der Waals surface area (Å²) in [5, 5.41) is 23.1. The Morgan fingerprint density at radius 2 is 2.25 bits per heavy atom. The van der Waals surface area contributed by atoms with Crippen LogP contribution in [0.3, 0.4) is 0 Å². The van der Waals surface area contributed by atoms with Crippen LogP contribution < -0.4 is 0 Å². The molecule has 0 atom stereocenters. The lowest BCUT2D eigenvalue weighted by Gasteiger charge is -1.96. The number of nitro groups is 1. The summed E-state index contributed by atoms with van der Waals surface area (Å²) in [7, 11) is 0. The summed E-state index contributed by atoms with van der Waals surface area (Å²) in [5.41, 5.74) is 0. The van der Waals surface area contributed by atoms with Gasteiger partial charge in [0.25, 0.3) is 0 Å². The van der Waals surface area contributed by atoms with E-state index in [1.165, 1.54) is 12.4 Å². The van der Waals surface area contributed by atoms with Gasteiger partial charge in [0.1, 0.15) is 5.10 Å². The lowest BCUT2D eigenvalue weighted by atomic mass is 10.7. The van der Waals surface area contributed by atoms with Crippen molar-refractivity contribution in [1.29, 1.82) is 0 Å². The van der Waals surface area contributed by atoms with Crippen molar-refractivity contribution in [3.8, 4) is 0 Å². The SMILES string of the molecule is O=C(n1ccnn1)n1nnc([N+](=O)[O-])c1Cl. The van der Waals surface area contributed by atoms with Crippen molar-refractivity contribution >= 4 is 23.4 Å². The van der Waals surface area contributed by atoms with E-state index in [1.807, 2.05) is 0 Å². The van der Waals surface area contributed by atoms with E-state index in [9.17, 15) is 14.9 Å². The molecule has 0 aliphatic carbocycles. The molecule has 0 bridgehead atoms. The van der Waals surface area contributed by atoms with Gasteiger partial charge in [0.15, 0.2) is 0 Å². The van der Waals surface area contributed by atoms with Gasteiger partial charge in [-0.05, 0) is 4.92 Å². The van der Waals surface area contributed by atoms with Gasteiger partial charge in [-0.15, -0.1) is 9.78 Å². The Kier molecular flexibility index (Phi) is 2.32. The molecule has 82 valence electrons. The van der Waals surface area contributed by atoms with Crippen LogP contribution in [-0.2, 0) is 0 Å². The van der Waals surface area contributed by atoms with Crippen LogP contribution in [0, 0.1) is 10.1 Å². The normalized spacial score (nSPS) is 10.3. The molecule has 0 unspecified atom stereocenters. The standard InChI is InChI=1S/C5H2ClN7O3/c6-3-4(13(15)16)8-10-12(3)5(14)11-2-1-7-9-11/h1-2H. The van der Waals surface area contributed by atoms with Crippen LogP contribution in [0.5, 0.6) is 0 Å². The van der Waals surface area contributed by atoms with Crippen molar-refractivity contribution in [2.24, 2.45) is 0 Å². The minimum Gasteiger partial charge on any atom is -0.358 e. The highest BCUT2D eigenvalue weighted by Gasteiger charge is 2.26. The number of halogens is 1. The lowest BCUT2D eigenvalue weighted by Crippen LogP contribution is -2.21. The molecule has 0 saturated heterocycles. The van der Waals surface area contributed by atoms with Gasteiger partial charge in [0.05, 0.1) is 17.6 Å². The molecule has 0 aliphatic heterocycles. The Bertz CT molecular complexity index is 546. The van der Waals surface area contributed by atoms with E-state index in [1.54, 1.807) is 0 Å². The number of hydrogen-bond donors (Lipinski definition) is 0. The average molecular weight is 244 g/mol. The number of hydrogen-bond acceptors (Lipinski definition) is 7. The van der Waals surface area contributed by atoms with Crippen molar-refractivity contribution in [3.63, 3.8) is 0 Å². The number of rotatable bonds is 1. The molecule has 2 heterocycles. The molecule has 0 fully saturated rings. The van der Waals surface area contributed by atoms with Crippen LogP contribution in [0.4, 0.5) is 10.6 Å². The molecular weight excluding hydrogens is 242 g/mol. The summed E-state index contributed by atoms with van der Waals surface area (Å²) in [6, 6.07) is -0.817. The van der Waals surface area contributed by atoms with Crippen molar-refractivity contribution in [3.05, 3.63) is 27.7 Å². The fourth-order valence-corrected chi connectivity index (χ4v) is 1.12. The Balaban J connectivity index is 2.43. The number of carbonyl (C=O) groups is 1. The topological polar surface area (TPSA) is 122 Å². The first-order valence-electron chi connectivity index (χ1n) is 3.78. The zero-order chi connectivity index (χ0) is 11.7. The molecule has 0 aromatic carbocycles. The van der Waals surface area contributed by atoms with E-state index in [2.05, 4.69) is 20.6 Å². The zero-order valence-corrected chi connectivity index (χ0v) is 8.14. The van der Waals surface area contributed by atoms with E-state index in [-0.39, 0.29) is 0 Å². The van der Waals surface area contributed by atoms with Crippen molar-refractivity contribution in [2.45, 2.75) is 0 Å². The quantitative estimate of drug-likeness (QED) is 0.508. The summed E-state index contributed by atoms with van der Waals surface area (Å²) in [6.45, 7) is 0. The lowest BCUT2D eigenvalue weighted by molar-refractivity contribution is -0.389. The molecule has 0 saturated carbocycles. The van der Waals surface area contributed by atoms with Gasteiger partial charge in [0, 0.05) is 0 Å². The van der Waals surface area contributed by atoms with Crippen LogP contribution >= 0.6 is 11.6 Å². The molecular formula is C5H2ClN7O3. The van der Waals surface area contributed by atoms with Gasteiger partial charge < -0.3 is 10.1 Å². The Labute approximate surface area is 91.6 Å². The summed E-state index contributed by atoms with van der Waals surface area (Å²) in [6.07, 6.45) is 2.50. The largest absolute Gasteiger partial charge is 0.430 e. The minimum absolute atomic E-state index is 0.495. The fraction of sp³-hybridized carbons (Fsp3) is 0. The van der Waals surface area contributed by atoms with Crippen molar-refractivity contribution in [1.82, 2.24) is 30.0 Å². The first-order chi connectivity index (χ1) is 7.61. The zero-order valence-electron chi connectivity index (χ0n) is 7.39. The maximum Gasteiger partial charge on any atom is 0.430 e. The molecule has 0 N–H and O–H groups in total. The Hall–Kier alpha value is -2.36. The van der Waals surface area contributed by atoms with Gasteiger partial charge in [-0.25, -0.2) is 4.79 Å². The highest BCUT2D eigenvalue weighted by atomic mass is 35.5. The second-order valence-corrected chi connectivity index (χ2v) is 2.86. The van der Waals surface area contributed by atoms with Crippen LogP contribution in [0.2, 0.25) is 5.15 Å². The molecule has 0 aliphatic rings. The van der Waals surface area contributed by atoms with E-state index in [0.717, 1.165) is 4.68 Å².